The molecule has 0 spiro atoms. The summed E-state index contributed by atoms with van der Waals surface area (Å²) < 4.78 is 2.23. The number of hydrogen-bond acceptors (Lipinski definition) is 3. The lowest BCUT2D eigenvalue weighted by molar-refractivity contribution is -0.118. The predicted molar refractivity (Wildman–Crippen MR) is 142 cm³/mol. The molecule has 34 heavy (non-hydrogen) atoms. The van der Waals surface area contributed by atoms with E-state index in [1.165, 1.54) is 0 Å². The van der Waals surface area contributed by atoms with Gasteiger partial charge in [-0.25, -0.2) is 0 Å². The summed E-state index contributed by atoms with van der Waals surface area (Å²) in [6, 6.07) is 14.0. The largest absolute Gasteiger partial charge is 0.351 e. The van der Waals surface area contributed by atoms with Crippen LogP contribution in [0.2, 0.25) is 0 Å². The Kier molecular flexibility index (Phi) is 6.49. The van der Waals surface area contributed by atoms with Crippen molar-refractivity contribution >= 4 is 34.6 Å². The van der Waals surface area contributed by atoms with Crippen LogP contribution < -0.4 is 15.5 Å². The van der Waals surface area contributed by atoms with Crippen molar-refractivity contribution in [3.63, 3.8) is 0 Å². The number of pyridine rings is 1. The molecule has 0 bridgehead atoms. The van der Waals surface area contributed by atoms with E-state index in [9.17, 15) is 4.79 Å². The number of nitrogens with one attached hydrogen (secondary N) is 2. The highest BCUT2D eigenvalue weighted by atomic mass is 32.1. The summed E-state index contributed by atoms with van der Waals surface area (Å²) in [6.45, 7) is 12.4. The smallest absolute Gasteiger partial charge is 0.226 e. The summed E-state index contributed by atoms with van der Waals surface area (Å²) in [5.74, 6) is -0.0735. The van der Waals surface area contributed by atoms with Gasteiger partial charge in [-0.3, -0.25) is 9.78 Å². The molecule has 178 valence electrons. The van der Waals surface area contributed by atoms with Crippen molar-refractivity contribution in [1.82, 2.24) is 14.9 Å². The third-order valence-corrected chi connectivity index (χ3v) is 6.51. The van der Waals surface area contributed by atoms with E-state index in [4.69, 9.17) is 12.2 Å². The number of carbonyl (C=O) groups is 1. The molecule has 1 fully saturated rings. The number of carbonyl (C=O) groups excluding carboxylic acids is 1. The van der Waals surface area contributed by atoms with Gasteiger partial charge in [0.1, 0.15) is 0 Å². The molecule has 0 aliphatic carbocycles. The molecule has 1 aliphatic heterocycles. The normalized spacial score (nSPS) is 18.3. The highest BCUT2D eigenvalue weighted by molar-refractivity contribution is 7.80. The number of hydrogen-bond donors (Lipinski definition) is 2. The fourth-order valence-electron chi connectivity index (χ4n) is 4.19. The third kappa shape index (κ3) is 4.71. The van der Waals surface area contributed by atoms with Crippen molar-refractivity contribution in [2.24, 2.45) is 5.92 Å². The van der Waals surface area contributed by atoms with Gasteiger partial charge in [0.15, 0.2) is 5.11 Å². The summed E-state index contributed by atoms with van der Waals surface area (Å²) in [4.78, 5) is 19.0. The van der Waals surface area contributed by atoms with E-state index in [1.807, 2.05) is 57.3 Å². The van der Waals surface area contributed by atoms with Gasteiger partial charge in [-0.1, -0.05) is 19.9 Å². The van der Waals surface area contributed by atoms with E-state index >= 15 is 0 Å². The molecule has 1 aromatic carbocycles. The molecule has 3 aromatic rings. The van der Waals surface area contributed by atoms with Crippen LogP contribution in [0, 0.1) is 12.8 Å². The van der Waals surface area contributed by atoms with Gasteiger partial charge in [-0.15, -0.1) is 0 Å². The molecule has 6 nitrogen and oxygen atoms in total. The predicted octanol–water partition coefficient (Wildman–Crippen LogP) is 5.72. The van der Waals surface area contributed by atoms with E-state index < -0.39 is 0 Å². The molecule has 3 heterocycles. The summed E-state index contributed by atoms with van der Waals surface area (Å²) in [5, 5.41) is 7.18. The number of anilines is 2. The van der Waals surface area contributed by atoms with Crippen LogP contribution in [0.1, 0.15) is 63.5 Å². The highest BCUT2D eigenvalue weighted by Gasteiger charge is 2.41. The van der Waals surface area contributed by atoms with Gasteiger partial charge < -0.3 is 20.1 Å². The quantitative estimate of drug-likeness (QED) is 0.462. The number of amides is 1. The zero-order chi connectivity index (χ0) is 24.6. The number of benzene rings is 1. The second-order valence-corrected chi connectivity index (χ2v) is 10.5. The molecule has 1 saturated heterocycles. The fourth-order valence-corrected chi connectivity index (χ4v) is 4.54. The summed E-state index contributed by atoms with van der Waals surface area (Å²) in [5.41, 5.74) is 4.86. The van der Waals surface area contributed by atoms with E-state index in [0.29, 0.717) is 5.11 Å². The van der Waals surface area contributed by atoms with Crippen molar-refractivity contribution in [2.45, 2.75) is 59.2 Å². The number of nitrogens with zero attached hydrogens (tertiary/aromatic N) is 3. The Morgan fingerprint density at radius 1 is 1.18 bits per heavy atom. The van der Waals surface area contributed by atoms with Crippen LogP contribution in [0.4, 0.5) is 11.4 Å². The molecule has 7 heteroatoms. The monoisotopic (exact) mass is 475 g/mol. The standard InChI is InChI=1S/C27H33N5OS/c1-17(2)25(33)29-21-11-10-20(15-18(21)3)32-24(19-12-14-31(16-19)27(4,5)6)23(30-26(32)34)22-9-7-8-13-28-22/h7-17,23-24H,1-6H3,(H,29,33)(H,30,34)/t23-,24+/m1/s1. The van der Waals surface area contributed by atoms with E-state index in [2.05, 4.69) is 70.4 Å². The van der Waals surface area contributed by atoms with E-state index in [-0.39, 0.29) is 29.4 Å². The first-order valence-corrected chi connectivity index (χ1v) is 12.1. The van der Waals surface area contributed by atoms with Gasteiger partial charge in [0, 0.05) is 41.4 Å². The number of aromatic nitrogens is 2. The van der Waals surface area contributed by atoms with Gasteiger partial charge in [-0.2, -0.15) is 0 Å². The first-order chi connectivity index (χ1) is 16.1. The maximum Gasteiger partial charge on any atom is 0.226 e. The second kappa shape index (κ2) is 9.22. The highest BCUT2D eigenvalue weighted by Crippen LogP contribution is 2.42. The first kappa shape index (κ1) is 24.0. The van der Waals surface area contributed by atoms with Crippen molar-refractivity contribution in [1.29, 1.82) is 0 Å². The van der Waals surface area contributed by atoms with Crippen LogP contribution in [-0.4, -0.2) is 20.6 Å². The van der Waals surface area contributed by atoms with Crippen LogP contribution in [0.3, 0.4) is 0 Å². The SMILES string of the molecule is Cc1cc(N2C(=S)N[C@H](c3ccccn3)[C@@H]2c2ccn(C(C)(C)C)c2)ccc1NC(=O)C(C)C. The fraction of sp³-hybridized carbons (Fsp3) is 0.370. The average molecular weight is 476 g/mol. The van der Waals surface area contributed by atoms with Crippen LogP contribution in [0.15, 0.2) is 61.1 Å². The van der Waals surface area contributed by atoms with Gasteiger partial charge in [0.05, 0.1) is 17.8 Å². The van der Waals surface area contributed by atoms with Crippen molar-refractivity contribution in [3.05, 3.63) is 77.9 Å². The Hall–Kier alpha value is -3.19. The van der Waals surface area contributed by atoms with Crippen LogP contribution in [-0.2, 0) is 10.3 Å². The molecule has 1 aliphatic rings. The zero-order valence-electron chi connectivity index (χ0n) is 20.7. The topological polar surface area (TPSA) is 62.2 Å². The van der Waals surface area contributed by atoms with Gasteiger partial charge >= 0.3 is 0 Å². The zero-order valence-corrected chi connectivity index (χ0v) is 21.5. The lowest BCUT2D eigenvalue weighted by Crippen LogP contribution is -2.29. The Balaban J connectivity index is 1.75. The molecule has 0 saturated carbocycles. The van der Waals surface area contributed by atoms with Crippen LogP contribution in [0.25, 0.3) is 0 Å². The van der Waals surface area contributed by atoms with Gasteiger partial charge in [0.2, 0.25) is 5.91 Å². The molecule has 1 amide bonds. The number of aryl methyl sites for hydroxylation is 1. The minimum absolute atomic E-state index is 0.00539. The molecule has 0 radical (unpaired) electrons. The maximum absolute atomic E-state index is 12.2. The minimum atomic E-state index is -0.0925. The lowest BCUT2D eigenvalue weighted by Gasteiger charge is -2.28. The Morgan fingerprint density at radius 2 is 1.94 bits per heavy atom. The molecular formula is C27H33N5OS. The maximum atomic E-state index is 12.2. The number of rotatable bonds is 5. The van der Waals surface area contributed by atoms with Gasteiger partial charge in [0.25, 0.3) is 0 Å². The molecular weight excluding hydrogens is 442 g/mol. The summed E-state index contributed by atoms with van der Waals surface area (Å²) >= 11 is 5.85. The first-order valence-electron chi connectivity index (χ1n) is 11.7. The molecule has 2 aromatic heterocycles. The second-order valence-electron chi connectivity index (χ2n) is 10.2. The van der Waals surface area contributed by atoms with E-state index in [1.54, 1.807) is 0 Å². The van der Waals surface area contributed by atoms with Crippen molar-refractivity contribution in [3.8, 4) is 0 Å². The average Bonchev–Trinajstić information content (AvgIpc) is 3.40. The van der Waals surface area contributed by atoms with Gasteiger partial charge in [-0.05, 0) is 87.4 Å². The number of thiocarbonyl (C=S) groups is 1. The lowest BCUT2D eigenvalue weighted by atomic mass is 9.98. The molecule has 0 unspecified atom stereocenters. The molecule has 4 rings (SSSR count). The van der Waals surface area contributed by atoms with Crippen LogP contribution in [0.5, 0.6) is 0 Å². The minimum Gasteiger partial charge on any atom is -0.351 e. The van der Waals surface area contributed by atoms with Crippen molar-refractivity contribution in [2.75, 3.05) is 10.2 Å². The Labute approximate surface area is 207 Å². The Bertz CT molecular complexity index is 1200. The van der Waals surface area contributed by atoms with E-state index in [0.717, 1.165) is 28.2 Å². The summed E-state index contributed by atoms with van der Waals surface area (Å²) in [6.07, 6.45) is 6.14. The Morgan fingerprint density at radius 3 is 2.53 bits per heavy atom. The summed E-state index contributed by atoms with van der Waals surface area (Å²) in [7, 11) is 0. The van der Waals surface area contributed by atoms with Crippen LogP contribution >= 0.6 is 12.2 Å². The van der Waals surface area contributed by atoms with Crippen molar-refractivity contribution < 1.29 is 4.79 Å². The molecule has 2 N–H and O–H groups in total. The molecule has 2 atom stereocenters. The third-order valence-electron chi connectivity index (χ3n) is 6.20.